The summed E-state index contributed by atoms with van der Waals surface area (Å²) in [6.07, 6.45) is 1.55. The number of likely N-dealkylation sites (N-methyl/N-ethyl adjacent to an activating group) is 1. The van der Waals surface area contributed by atoms with Crippen LogP contribution in [0.25, 0.3) is 5.69 Å². The maximum atomic E-state index is 12.5. The predicted molar refractivity (Wildman–Crippen MR) is 98.5 cm³/mol. The summed E-state index contributed by atoms with van der Waals surface area (Å²) in [5.74, 6) is -0.217. The fourth-order valence-electron chi connectivity index (χ4n) is 2.79. The summed E-state index contributed by atoms with van der Waals surface area (Å²) < 4.78 is 12.1. The number of esters is 1. The van der Waals surface area contributed by atoms with E-state index in [9.17, 15) is 9.59 Å². The van der Waals surface area contributed by atoms with Gasteiger partial charge in [0.05, 0.1) is 29.9 Å². The number of benzene rings is 1. The van der Waals surface area contributed by atoms with Crippen molar-refractivity contribution < 1.29 is 18.7 Å². The zero-order valence-corrected chi connectivity index (χ0v) is 15.5. The van der Waals surface area contributed by atoms with Gasteiger partial charge in [0.1, 0.15) is 11.3 Å². The van der Waals surface area contributed by atoms with E-state index in [4.69, 9.17) is 9.15 Å². The highest BCUT2D eigenvalue weighted by atomic mass is 16.5. The van der Waals surface area contributed by atoms with Gasteiger partial charge in [0.25, 0.3) is 5.91 Å². The molecule has 0 saturated heterocycles. The largest absolute Gasteiger partial charge is 0.467 e. The van der Waals surface area contributed by atoms with Crippen LogP contribution in [0.3, 0.4) is 0 Å². The van der Waals surface area contributed by atoms with Gasteiger partial charge in [-0.2, -0.15) is 5.10 Å². The molecular formula is C20H21N3O4. The van der Waals surface area contributed by atoms with Gasteiger partial charge < -0.3 is 14.1 Å². The lowest BCUT2D eigenvalue weighted by Crippen LogP contribution is -2.30. The second-order valence-corrected chi connectivity index (χ2v) is 6.20. The Morgan fingerprint density at radius 3 is 2.56 bits per heavy atom. The van der Waals surface area contributed by atoms with Crippen LogP contribution < -0.4 is 0 Å². The van der Waals surface area contributed by atoms with Crippen LogP contribution in [-0.2, 0) is 16.1 Å². The molecule has 2 heterocycles. The Morgan fingerprint density at radius 1 is 1.15 bits per heavy atom. The van der Waals surface area contributed by atoms with Gasteiger partial charge in [-0.1, -0.05) is 18.2 Å². The topological polar surface area (TPSA) is 77.6 Å². The monoisotopic (exact) mass is 367 g/mol. The summed E-state index contributed by atoms with van der Waals surface area (Å²) in [5, 5.41) is 4.42. The molecule has 0 atom stereocenters. The number of ether oxygens (including phenoxy) is 1. The van der Waals surface area contributed by atoms with Crippen LogP contribution in [0.15, 0.2) is 53.1 Å². The first-order chi connectivity index (χ1) is 13.0. The molecule has 7 nitrogen and oxygen atoms in total. The van der Waals surface area contributed by atoms with Crippen molar-refractivity contribution in [2.75, 3.05) is 13.7 Å². The summed E-state index contributed by atoms with van der Waals surface area (Å²) in [6.45, 7) is 3.52. The van der Waals surface area contributed by atoms with E-state index in [0.29, 0.717) is 29.3 Å². The first-order valence-electron chi connectivity index (χ1n) is 8.52. The van der Waals surface area contributed by atoms with Crippen LogP contribution in [-0.4, -0.2) is 40.2 Å². The van der Waals surface area contributed by atoms with Crippen LogP contribution in [0.2, 0.25) is 0 Å². The molecule has 3 rings (SSSR count). The Labute approximate surface area is 157 Å². The molecule has 27 heavy (non-hydrogen) atoms. The Hall–Kier alpha value is -3.35. The Bertz CT molecular complexity index is 930. The van der Waals surface area contributed by atoms with Crippen molar-refractivity contribution in [2.24, 2.45) is 0 Å². The summed E-state index contributed by atoms with van der Waals surface area (Å²) >= 11 is 0. The van der Waals surface area contributed by atoms with E-state index >= 15 is 0 Å². The molecule has 0 fully saturated rings. The van der Waals surface area contributed by atoms with E-state index in [1.54, 1.807) is 44.0 Å². The molecule has 7 heteroatoms. The van der Waals surface area contributed by atoms with Gasteiger partial charge >= 0.3 is 5.97 Å². The minimum absolute atomic E-state index is 0.313. The number of amides is 1. The molecule has 0 spiro atoms. The normalized spacial score (nSPS) is 10.6. The zero-order valence-electron chi connectivity index (χ0n) is 15.5. The number of hydrogen-bond donors (Lipinski definition) is 0. The van der Waals surface area contributed by atoms with E-state index in [1.165, 1.54) is 4.90 Å². The van der Waals surface area contributed by atoms with Gasteiger partial charge in [-0.15, -0.1) is 0 Å². The molecule has 0 radical (unpaired) electrons. The molecule has 0 unspecified atom stereocenters. The van der Waals surface area contributed by atoms with Gasteiger partial charge in [-0.05, 0) is 38.1 Å². The van der Waals surface area contributed by atoms with Crippen molar-refractivity contribution in [3.05, 3.63) is 71.4 Å². The van der Waals surface area contributed by atoms with Gasteiger partial charge in [0, 0.05) is 7.05 Å². The maximum Gasteiger partial charge on any atom is 0.342 e. The number of aromatic nitrogens is 2. The van der Waals surface area contributed by atoms with Crippen molar-refractivity contribution in [2.45, 2.75) is 20.4 Å². The van der Waals surface area contributed by atoms with E-state index in [2.05, 4.69) is 5.10 Å². The highest BCUT2D eigenvalue weighted by molar-refractivity contribution is 5.93. The van der Waals surface area contributed by atoms with Crippen LogP contribution in [0.1, 0.15) is 27.5 Å². The van der Waals surface area contributed by atoms with Crippen LogP contribution >= 0.6 is 0 Å². The first-order valence-corrected chi connectivity index (χ1v) is 8.52. The minimum Gasteiger partial charge on any atom is -0.467 e. The molecule has 3 aromatic rings. The van der Waals surface area contributed by atoms with Gasteiger partial charge in [-0.25, -0.2) is 9.48 Å². The molecule has 1 aromatic carbocycles. The lowest BCUT2D eigenvalue weighted by atomic mass is 10.2. The highest BCUT2D eigenvalue weighted by Crippen LogP contribution is 2.18. The third-order valence-corrected chi connectivity index (χ3v) is 4.22. The summed E-state index contributed by atoms with van der Waals surface area (Å²) in [4.78, 5) is 26.1. The molecule has 0 aliphatic carbocycles. The fraction of sp³-hybridized carbons (Fsp3) is 0.250. The summed E-state index contributed by atoms with van der Waals surface area (Å²) in [5.41, 5.74) is 2.45. The molecule has 140 valence electrons. The van der Waals surface area contributed by atoms with E-state index in [-0.39, 0.29) is 12.5 Å². The zero-order chi connectivity index (χ0) is 19.4. The standard InChI is InChI=1S/C20H21N3O4/c1-14-19(15(2)23(21-14)16-8-5-4-6-9-16)20(25)27-13-18(24)22(3)12-17-10-7-11-26-17/h4-11H,12-13H2,1-3H3. The highest BCUT2D eigenvalue weighted by Gasteiger charge is 2.22. The molecule has 0 aliphatic heterocycles. The van der Waals surface area contributed by atoms with Crippen LogP contribution in [0, 0.1) is 13.8 Å². The van der Waals surface area contributed by atoms with Gasteiger partial charge in [-0.3, -0.25) is 4.79 Å². The quantitative estimate of drug-likeness (QED) is 0.626. The number of para-hydroxylation sites is 1. The van der Waals surface area contributed by atoms with Gasteiger partial charge in [0.2, 0.25) is 0 Å². The first kappa shape index (κ1) is 18.4. The molecule has 0 bridgehead atoms. The average Bonchev–Trinajstić information content (AvgIpc) is 3.27. The molecule has 0 N–H and O–H groups in total. The predicted octanol–water partition coefficient (Wildman–Crippen LogP) is 2.90. The van der Waals surface area contributed by atoms with Gasteiger partial charge in [0.15, 0.2) is 6.61 Å². The van der Waals surface area contributed by atoms with Crippen molar-refractivity contribution in [3.8, 4) is 5.69 Å². The molecule has 1 amide bonds. The molecular weight excluding hydrogens is 346 g/mol. The second kappa shape index (κ2) is 7.90. The van der Waals surface area contributed by atoms with E-state index in [0.717, 1.165) is 5.69 Å². The van der Waals surface area contributed by atoms with Crippen LogP contribution in [0.5, 0.6) is 0 Å². The molecule has 0 saturated carbocycles. The SMILES string of the molecule is Cc1nn(-c2ccccc2)c(C)c1C(=O)OCC(=O)N(C)Cc1ccco1. The minimum atomic E-state index is -0.563. The Kier molecular flexibility index (Phi) is 5.40. The molecule has 0 aliphatic rings. The van der Waals surface area contributed by atoms with Crippen molar-refractivity contribution >= 4 is 11.9 Å². The number of nitrogens with zero attached hydrogens (tertiary/aromatic N) is 3. The summed E-state index contributed by atoms with van der Waals surface area (Å²) in [6, 6.07) is 13.1. The van der Waals surface area contributed by atoms with Crippen molar-refractivity contribution in [3.63, 3.8) is 0 Å². The number of rotatable bonds is 6. The number of hydrogen-bond acceptors (Lipinski definition) is 5. The average molecular weight is 367 g/mol. The van der Waals surface area contributed by atoms with Crippen molar-refractivity contribution in [1.29, 1.82) is 0 Å². The smallest absolute Gasteiger partial charge is 0.342 e. The number of furan rings is 1. The number of carbonyl (C=O) groups is 2. The Morgan fingerprint density at radius 2 is 1.89 bits per heavy atom. The number of aryl methyl sites for hydroxylation is 1. The third kappa shape index (κ3) is 4.08. The third-order valence-electron chi connectivity index (χ3n) is 4.22. The Balaban J connectivity index is 1.66. The fourth-order valence-corrected chi connectivity index (χ4v) is 2.79. The lowest BCUT2D eigenvalue weighted by molar-refractivity contribution is -0.134. The summed E-state index contributed by atoms with van der Waals surface area (Å²) in [7, 11) is 1.63. The van der Waals surface area contributed by atoms with Crippen LogP contribution in [0.4, 0.5) is 0 Å². The van der Waals surface area contributed by atoms with Crippen molar-refractivity contribution in [1.82, 2.24) is 14.7 Å². The molecule has 2 aromatic heterocycles. The van der Waals surface area contributed by atoms with E-state index in [1.807, 2.05) is 30.3 Å². The lowest BCUT2D eigenvalue weighted by Gasteiger charge is -2.15. The van der Waals surface area contributed by atoms with E-state index < -0.39 is 5.97 Å². The maximum absolute atomic E-state index is 12.5. The second-order valence-electron chi connectivity index (χ2n) is 6.20. The number of carbonyl (C=O) groups excluding carboxylic acids is 2.